The van der Waals surface area contributed by atoms with Crippen molar-refractivity contribution in [2.75, 3.05) is 11.9 Å². The number of amides is 1. The van der Waals surface area contributed by atoms with Gasteiger partial charge < -0.3 is 11.1 Å². The summed E-state index contributed by atoms with van der Waals surface area (Å²) in [6.45, 7) is 2.58. The Balaban J connectivity index is 2.09. The zero-order chi connectivity index (χ0) is 13.8. The van der Waals surface area contributed by atoms with Crippen LogP contribution in [0.15, 0.2) is 23.6 Å². The SMILES string of the molecule is Cc1ccc(NC(=O)c2csc(CCN)n2)cc1I. The van der Waals surface area contributed by atoms with Gasteiger partial charge in [0.1, 0.15) is 5.69 Å². The summed E-state index contributed by atoms with van der Waals surface area (Å²) in [5.41, 5.74) is 7.89. The lowest BCUT2D eigenvalue weighted by Gasteiger charge is -2.05. The van der Waals surface area contributed by atoms with Gasteiger partial charge in [0.05, 0.1) is 5.01 Å². The predicted molar refractivity (Wildman–Crippen MR) is 86.7 cm³/mol. The molecule has 0 aliphatic carbocycles. The van der Waals surface area contributed by atoms with Crippen LogP contribution in [0.1, 0.15) is 21.1 Å². The third-order valence-corrected chi connectivity index (χ3v) is 4.64. The van der Waals surface area contributed by atoms with Gasteiger partial charge in [0, 0.05) is 21.1 Å². The molecule has 100 valence electrons. The molecule has 0 radical (unpaired) electrons. The number of rotatable bonds is 4. The molecule has 0 bridgehead atoms. The lowest BCUT2D eigenvalue weighted by atomic mass is 10.2. The molecule has 0 fully saturated rings. The Kier molecular flexibility index (Phi) is 4.89. The summed E-state index contributed by atoms with van der Waals surface area (Å²) in [5.74, 6) is -0.181. The van der Waals surface area contributed by atoms with Crippen LogP contribution in [0.3, 0.4) is 0 Å². The minimum Gasteiger partial charge on any atom is -0.330 e. The van der Waals surface area contributed by atoms with Gasteiger partial charge in [0.25, 0.3) is 5.91 Å². The molecule has 1 aromatic heterocycles. The number of aryl methyl sites for hydroxylation is 1. The minimum absolute atomic E-state index is 0.181. The fraction of sp³-hybridized carbons (Fsp3) is 0.231. The first-order valence-electron chi connectivity index (χ1n) is 5.82. The topological polar surface area (TPSA) is 68.0 Å². The number of thiazole rings is 1. The average molecular weight is 387 g/mol. The number of carbonyl (C=O) groups excluding carboxylic acids is 1. The van der Waals surface area contributed by atoms with Crippen molar-refractivity contribution in [3.05, 3.63) is 43.4 Å². The Morgan fingerprint density at radius 3 is 3.00 bits per heavy atom. The summed E-state index contributed by atoms with van der Waals surface area (Å²) in [4.78, 5) is 16.3. The largest absolute Gasteiger partial charge is 0.330 e. The molecule has 0 aliphatic rings. The first-order valence-corrected chi connectivity index (χ1v) is 7.78. The van der Waals surface area contributed by atoms with Crippen LogP contribution in [0.4, 0.5) is 5.69 Å². The van der Waals surface area contributed by atoms with E-state index in [1.165, 1.54) is 16.9 Å². The number of carbonyl (C=O) groups is 1. The molecule has 2 rings (SSSR count). The zero-order valence-electron chi connectivity index (χ0n) is 10.4. The number of halogens is 1. The molecule has 19 heavy (non-hydrogen) atoms. The average Bonchev–Trinajstić information content (AvgIpc) is 2.83. The van der Waals surface area contributed by atoms with Crippen LogP contribution < -0.4 is 11.1 Å². The minimum atomic E-state index is -0.181. The third-order valence-electron chi connectivity index (χ3n) is 2.57. The highest BCUT2D eigenvalue weighted by Gasteiger charge is 2.11. The fourth-order valence-electron chi connectivity index (χ4n) is 1.52. The number of nitrogens with one attached hydrogen (secondary N) is 1. The summed E-state index contributed by atoms with van der Waals surface area (Å²) >= 11 is 3.71. The molecule has 1 aromatic carbocycles. The second-order valence-electron chi connectivity index (χ2n) is 4.08. The molecule has 0 spiro atoms. The van der Waals surface area contributed by atoms with Gasteiger partial charge >= 0.3 is 0 Å². The van der Waals surface area contributed by atoms with E-state index >= 15 is 0 Å². The van der Waals surface area contributed by atoms with Gasteiger partial charge in [-0.1, -0.05) is 6.07 Å². The van der Waals surface area contributed by atoms with E-state index in [9.17, 15) is 4.79 Å². The zero-order valence-corrected chi connectivity index (χ0v) is 13.4. The molecule has 1 amide bonds. The number of nitrogens with two attached hydrogens (primary N) is 1. The second-order valence-corrected chi connectivity index (χ2v) is 6.19. The lowest BCUT2D eigenvalue weighted by molar-refractivity contribution is 0.102. The van der Waals surface area contributed by atoms with Gasteiger partial charge in [-0.15, -0.1) is 11.3 Å². The van der Waals surface area contributed by atoms with Crippen LogP contribution in [0.5, 0.6) is 0 Å². The molecular formula is C13H14IN3OS. The van der Waals surface area contributed by atoms with E-state index in [1.807, 2.05) is 25.1 Å². The van der Waals surface area contributed by atoms with E-state index in [1.54, 1.807) is 5.38 Å². The third kappa shape index (κ3) is 3.74. The summed E-state index contributed by atoms with van der Waals surface area (Å²) in [6, 6.07) is 5.82. The van der Waals surface area contributed by atoms with Gasteiger partial charge in [-0.05, 0) is 53.8 Å². The standard InChI is InChI=1S/C13H14IN3OS/c1-8-2-3-9(6-10(8)14)16-13(18)11-7-19-12(17-11)4-5-15/h2-3,6-7H,4-5,15H2,1H3,(H,16,18). The van der Waals surface area contributed by atoms with E-state index in [2.05, 4.69) is 32.9 Å². The van der Waals surface area contributed by atoms with Gasteiger partial charge in [0.2, 0.25) is 0 Å². The monoisotopic (exact) mass is 387 g/mol. The quantitative estimate of drug-likeness (QED) is 0.793. The number of nitrogens with zero attached hydrogens (tertiary/aromatic N) is 1. The van der Waals surface area contributed by atoms with E-state index in [-0.39, 0.29) is 5.91 Å². The maximum Gasteiger partial charge on any atom is 0.275 e. The van der Waals surface area contributed by atoms with Crippen molar-refractivity contribution in [1.29, 1.82) is 0 Å². The van der Waals surface area contributed by atoms with Gasteiger partial charge in [-0.3, -0.25) is 4.79 Å². The molecule has 4 nitrogen and oxygen atoms in total. The summed E-state index contributed by atoms with van der Waals surface area (Å²) in [5, 5.41) is 5.51. The molecule has 0 saturated heterocycles. The molecule has 0 aliphatic heterocycles. The van der Waals surface area contributed by atoms with E-state index in [0.717, 1.165) is 14.3 Å². The van der Waals surface area contributed by atoms with Crippen molar-refractivity contribution in [1.82, 2.24) is 4.98 Å². The smallest absolute Gasteiger partial charge is 0.275 e. The van der Waals surface area contributed by atoms with Crippen LogP contribution >= 0.6 is 33.9 Å². The fourth-order valence-corrected chi connectivity index (χ4v) is 2.83. The number of aromatic nitrogens is 1. The van der Waals surface area contributed by atoms with Crippen LogP contribution in [0.2, 0.25) is 0 Å². The molecule has 2 aromatic rings. The van der Waals surface area contributed by atoms with E-state index in [0.29, 0.717) is 18.7 Å². The molecule has 0 unspecified atom stereocenters. The first-order chi connectivity index (χ1) is 9.10. The summed E-state index contributed by atoms with van der Waals surface area (Å²) < 4.78 is 1.12. The molecule has 0 saturated carbocycles. The maximum atomic E-state index is 12.0. The number of anilines is 1. The molecular weight excluding hydrogens is 373 g/mol. The summed E-state index contributed by atoms with van der Waals surface area (Å²) in [6.07, 6.45) is 0.709. The Morgan fingerprint density at radius 1 is 1.53 bits per heavy atom. The maximum absolute atomic E-state index is 12.0. The number of hydrogen-bond donors (Lipinski definition) is 2. The molecule has 3 N–H and O–H groups in total. The van der Waals surface area contributed by atoms with Crippen molar-refractivity contribution in [2.45, 2.75) is 13.3 Å². The van der Waals surface area contributed by atoms with Crippen LogP contribution in [-0.4, -0.2) is 17.4 Å². The number of benzene rings is 1. The van der Waals surface area contributed by atoms with Crippen molar-refractivity contribution in [2.24, 2.45) is 5.73 Å². The highest BCUT2D eigenvalue weighted by atomic mass is 127. The molecule has 1 heterocycles. The Labute approximate surface area is 129 Å². The van der Waals surface area contributed by atoms with Crippen molar-refractivity contribution < 1.29 is 4.79 Å². The second kappa shape index (κ2) is 6.44. The highest BCUT2D eigenvalue weighted by Crippen LogP contribution is 2.18. The van der Waals surface area contributed by atoms with Crippen molar-refractivity contribution >= 4 is 45.5 Å². The predicted octanol–water partition coefficient (Wildman–Crippen LogP) is 2.81. The molecule has 6 heteroatoms. The number of hydrogen-bond acceptors (Lipinski definition) is 4. The highest BCUT2D eigenvalue weighted by molar-refractivity contribution is 14.1. The summed E-state index contributed by atoms with van der Waals surface area (Å²) in [7, 11) is 0. The van der Waals surface area contributed by atoms with Crippen LogP contribution in [0, 0.1) is 10.5 Å². The van der Waals surface area contributed by atoms with E-state index in [4.69, 9.17) is 5.73 Å². The Morgan fingerprint density at radius 2 is 2.32 bits per heavy atom. The first kappa shape index (κ1) is 14.4. The molecule has 0 atom stereocenters. The van der Waals surface area contributed by atoms with Gasteiger partial charge in [-0.25, -0.2) is 4.98 Å². The Hall–Kier alpha value is -0.990. The normalized spacial score (nSPS) is 10.5. The van der Waals surface area contributed by atoms with Gasteiger partial charge in [-0.2, -0.15) is 0 Å². The van der Waals surface area contributed by atoms with Crippen LogP contribution in [0.25, 0.3) is 0 Å². The lowest BCUT2D eigenvalue weighted by Crippen LogP contribution is -2.13. The van der Waals surface area contributed by atoms with E-state index < -0.39 is 0 Å². The Bertz CT molecular complexity index is 597. The van der Waals surface area contributed by atoms with Crippen molar-refractivity contribution in [3.63, 3.8) is 0 Å². The van der Waals surface area contributed by atoms with Crippen molar-refractivity contribution in [3.8, 4) is 0 Å². The van der Waals surface area contributed by atoms with Gasteiger partial charge in [0.15, 0.2) is 0 Å². The van der Waals surface area contributed by atoms with Crippen LogP contribution in [-0.2, 0) is 6.42 Å².